The number of benzene rings is 1. The van der Waals surface area contributed by atoms with Gasteiger partial charge in [0.25, 0.3) is 11.6 Å². The van der Waals surface area contributed by atoms with Crippen LogP contribution in [0.2, 0.25) is 0 Å². The predicted octanol–water partition coefficient (Wildman–Crippen LogP) is 2.32. The highest BCUT2D eigenvalue weighted by molar-refractivity contribution is 5.95. The van der Waals surface area contributed by atoms with Crippen molar-refractivity contribution in [1.82, 2.24) is 5.32 Å². The highest BCUT2D eigenvalue weighted by Crippen LogP contribution is 2.39. The molecule has 1 saturated carbocycles. The number of nitro benzene ring substituents is 1. The van der Waals surface area contributed by atoms with Gasteiger partial charge in [0.15, 0.2) is 5.79 Å². The summed E-state index contributed by atoms with van der Waals surface area (Å²) in [6.07, 6.45) is 3.85. The molecule has 1 saturated heterocycles. The van der Waals surface area contributed by atoms with Gasteiger partial charge in [0.1, 0.15) is 6.10 Å². The lowest BCUT2D eigenvalue weighted by molar-refractivity contribution is -0.385. The molecular formula is C16H20N2O5. The monoisotopic (exact) mass is 320 g/mol. The molecule has 7 heteroatoms. The van der Waals surface area contributed by atoms with Crippen molar-refractivity contribution in [3.8, 4) is 0 Å². The van der Waals surface area contributed by atoms with Gasteiger partial charge in [0.2, 0.25) is 0 Å². The van der Waals surface area contributed by atoms with E-state index < -0.39 is 10.7 Å². The van der Waals surface area contributed by atoms with Crippen molar-refractivity contribution in [2.24, 2.45) is 0 Å². The molecule has 2 aliphatic rings. The van der Waals surface area contributed by atoms with Crippen molar-refractivity contribution in [2.75, 3.05) is 13.2 Å². The van der Waals surface area contributed by atoms with Gasteiger partial charge in [-0.05, 0) is 25.8 Å². The molecule has 1 spiro atoms. The molecule has 0 bridgehead atoms. The minimum absolute atomic E-state index is 0.0528. The Balaban J connectivity index is 1.58. The Morgan fingerprint density at radius 2 is 2.17 bits per heavy atom. The number of carbonyl (C=O) groups is 1. The molecule has 0 radical (unpaired) electrons. The number of ether oxygens (including phenoxy) is 2. The highest BCUT2D eigenvalue weighted by Gasteiger charge is 2.43. The summed E-state index contributed by atoms with van der Waals surface area (Å²) in [5, 5.41) is 13.7. The molecule has 1 heterocycles. The average molecular weight is 320 g/mol. The molecule has 1 aliphatic carbocycles. The summed E-state index contributed by atoms with van der Waals surface area (Å²) in [6, 6.07) is 4.47. The van der Waals surface area contributed by atoms with Crippen molar-refractivity contribution in [3.05, 3.63) is 39.4 Å². The third-order valence-corrected chi connectivity index (χ3v) is 4.44. The quantitative estimate of drug-likeness (QED) is 0.679. The van der Waals surface area contributed by atoms with Crippen LogP contribution in [-0.2, 0) is 9.47 Å². The Morgan fingerprint density at radius 3 is 2.87 bits per heavy atom. The summed E-state index contributed by atoms with van der Waals surface area (Å²) < 4.78 is 11.7. The molecule has 1 aromatic carbocycles. The number of nitrogens with one attached hydrogen (secondary N) is 1. The first kappa shape index (κ1) is 15.9. The van der Waals surface area contributed by atoms with Crippen molar-refractivity contribution in [3.63, 3.8) is 0 Å². The predicted molar refractivity (Wildman–Crippen MR) is 82.2 cm³/mol. The molecule has 124 valence electrons. The maximum atomic E-state index is 12.2. The second-order valence-corrected chi connectivity index (χ2v) is 6.14. The summed E-state index contributed by atoms with van der Waals surface area (Å²) in [6.45, 7) is 2.45. The molecule has 23 heavy (non-hydrogen) atoms. The maximum absolute atomic E-state index is 12.2. The Labute approximate surface area is 134 Å². The first-order valence-electron chi connectivity index (χ1n) is 7.84. The molecule has 1 atom stereocenters. The van der Waals surface area contributed by atoms with Gasteiger partial charge in [-0.2, -0.15) is 0 Å². The van der Waals surface area contributed by atoms with Crippen LogP contribution in [0.3, 0.4) is 0 Å². The number of aryl methyl sites for hydroxylation is 1. The van der Waals surface area contributed by atoms with Crippen LogP contribution >= 0.6 is 0 Å². The molecule has 1 aromatic rings. The zero-order valence-electron chi connectivity index (χ0n) is 13.0. The van der Waals surface area contributed by atoms with E-state index in [1.54, 1.807) is 19.1 Å². The third kappa shape index (κ3) is 3.35. The van der Waals surface area contributed by atoms with E-state index in [4.69, 9.17) is 9.47 Å². The van der Waals surface area contributed by atoms with Crippen LogP contribution in [-0.4, -0.2) is 35.9 Å². The van der Waals surface area contributed by atoms with E-state index in [1.165, 1.54) is 6.07 Å². The van der Waals surface area contributed by atoms with Gasteiger partial charge >= 0.3 is 0 Å². The van der Waals surface area contributed by atoms with Crippen molar-refractivity contribution in [2.45, 2.75) is 44.5 Å². The fourth-order valence-electron chi connectivity index (χ4n) is 3.15. The second kappa shape index (κ2) is 6.25. The lowest BCUT2D eigenvalue weighted by atomic mass is 10.1. The standard InChI is InChI=1S/C16H20N2O5/c1-11-4-5-12(8-14(11)18(20)21)15(19)17-9-13-10-22-16(23-13)6-2-3-7-16/h4-5,8,13H,2-3,6-7,9-10H2,1H3,(H,17,19)/t13-/m0/s1. The van der Waals surface area contributed by atoms with Crippen LogP contribution in [0.25, 0.3) is 0 Å². The first-order chi connectivity index (χ1) is 11.0. The van der Waals surface area contributed by atoms with Crippen molar-refractivity contribution in [1.29, 1.82) is 0 Å². The Morgan fingerprint density at radius 1 is 1.43 bits per heavy atom. The number of rotatable bonds is 4. The van der Waals surface area contributed by atoms with Crippen LogP contribution in [0.1, 0.15) is 41.6 Å². The van der Waals surface area contributed by atoms with E-state index in [1.807, 2.05) is 0 Å². The minimum atomic E-state index is -0.482. The molecule has 1 amide bonds. The summed E-state index contributed by atoms with van der Waals surface area (Å²) >= 11 is 0. The molecule has 3 rings (SSSR count). The highest BCUT2D eigenvalue weighted by atomic mass is 16.7. The fourth-order valence-corrected chi connectivity index (χ4v) is 3.15. The number of hydrogen-bond donors (Lipinski definition) is 1. The van der Waals surface area contributed by atoms with Gasteiger partial charge < -0.3 is 14.8 Å². The van der Waals surface area contributed by atoms with Crippen LogP contribution < -0.4 is 5.32 Å². The molecular weight excluding hydrogens is 300 g/mol. The normalized spacial score (nSPS) is 22.4. The van der Waals surface area contributed by atoms with Crippen LogP contribution in [0.4, 0.5) is 5.69 Å². The van der Waals surface area contributed by atoms with Gasteiger partial charge in [0, 0.05) is 36.6 Å². The third-order valence-electron chi connectivity index (χ3n) is 4.44. The maximum Gasteiger partial charge on any atom is 0.273 e. The van der Waals surface area contributed by atoms with Crippen LogP contribution in [0.5, 0.6) is 0 Å². The second-order valence-electron chi connectivity index (χ2n) is 6.14. The van der Waals surface area contributed by atoms with Crippen LogP contribution in [0.15, 0.2) is 18.2 Å². The summed E-state index contributed by atoms with van der Waals surface area (Å²) in [5.74, 6) is -0.790. The Bertz CT molecular complexity index is 625. The van der Waals surface area contributed by atoms with Gasteiger partial charge in [0.05, 0.1) is 11.5 Å². The van der Waals surface area contributed by atoms with E-state index in [0.717, 1.165) is 25.7 Å². The zero-order valence-corrected chi connectivity index (χ0v) is 13.0. The van der Waals surface area contributed by atoms with Crippen molar-refractivity contribution < 1.29 is 19.2 Å². The van der Waals surface area contributed by atoms with Gasteiger partial charge in [-0.3, -0.25) is 14.9 Å². The number of nitrogens with zero attached hydrogens (tertiary/aromatic N) is 1. The van der Waals surface area contributed by atoms with E-state index in [9.17, 15) is 14.9 Å². The molecule has 0 aromatic heterocycles. The SMILES string of the molecule is Cc1ccc(C(=O)NC[C@H]2COC3(CCCC3)O2)cc1[N+](=O)[O-]. The van der Waals surface area contributed by atoms with E-state index in [2.05, 4.69) is 5.32 Å². The number of amides is 1. The molecule has 2 fully saturated rings. The summed E-state index contributed by atoms with van der Waals surface area (Å²) in [5.41, 5.74) is 0.752. The fraction of sp³-hybridized carbons (Fsp3) is 0.562. The van der Waals surface area contributed by atoms with Crippen LogP contribution in [0, 0.1) is 17.0 Å². The topological polar surface area (TPSA) is 90.7 Å². The first-order valence-corrected chi connectivity index (χ1v) is 7.84. The number of carbonyl (C=O) groups excluding carboxylic acids is 1. The Hall–Kier alpha value is -1.99. The lowest BCUT2D eigenvalue weighted by Gasteiger charge is -2.21. The minimum Gasteiger partial charge on any atom is -0.349 e. The number of nitro groups is 1. The van der Waals surface area contributed by atoms with E-state index in [-0.39, 0.29) is 23.3 Å². The van der Waals surface area contributed by atoms with E-state index in [0.29, 0.717) is 18.7 Å². The summed E-state index contributed by atoms with van der Waals surface area (Å²) in [7, 11) is 0. The smallest absolute Gasteiger partial charge is 0.273 e. The number of hydrogen-bond acceptors (Lipinski definition) is 5. The largest absolute Gasteiger partial charge is 0.349 e. The average Bonchev–Trinajstić information content (AvgIpc) is 3.15. The molecule has 1 aliphatic heterocycles. The zero-order chi connectivity index (χ0) is 16.4. The summed E-state index contributed by atoms with van der Waals surface area (Å²) in [4.78, 5) is 22.6. The molecule has 1 N–H and O–H groups in total. The Kier molecular flexibility index (Phi) is 4.32. The van der Waals surface area contributed by atoms with Gasteiger partial charge in [-0.1, -0.05) is 6.07 Å². The van der Waals surface area contributed by atoms with Crippen molar-refractivity contribution >= 4 is 11.6 Å². The van der Waals surface area contributed by atoms with Gasteiger partial charge in [-0.25, -0.2) is 0 Å². The molecule has 0 unspecified atom stereocenters. The molecule has 7 nitrogen and oxygen atoms in total. The van der Waals surface area contributed by atoms with E-state index >= 15 is 0 Å². The van der Waals surface area contributed by atoms with Gasteiger partial charge in [-0.15, -0.1) is 0 Å². The lowest BCUT2D eigenvalue weighted by Crippen LogP contribution is -2.35.